The van der Waals surface area contributed by atoms with Gasteiger partial charge in [0.25, 0.3) is 0 Å². The van der Waals surface area contributed by atoms with E-state index in [1.807, 2.05) is 13.8 Å². The van der Waals surface area contributed by atoms with Crippen LogP contribution in [-0.4, -0.2) is 63.8 Å². The molecule has 90 valence electrons. The highest BCUT2D eigenvalue weighted by molar-refractivity contribution is 4.88. The Labute approximate surface area is 88.1 Å². The summed E-state index contributed by atoms with van der Waals surface area (Å²) in [6.45, 7) is 3.69. The van der Waals surface area contributed by atoms with E-state index in [-0.39, 0.29) is 12.7 Å². The molecule has 6 nitrogen and oxygen atoms in total. The summed E-state index contributed by atoms with van der Waals surface area (Å²) in [5.74, 6) is 0. The summed E-state index contributed by atoms with van der Waals surface area (Å²) < 4.78 is 10.1. The Hall–Kier alpha value is -0.240. The zero-order valence-electron chi connectivity index (χ0n) is 8.78. The molecular formula is C9H18O6. The Balaban J connectivity index is 2.51. The fourth-order valence-corrected chi connectivity index (χ4v) is 1.36. The van der Waals surface area contributed by atoms with Crippen molar-refractivity contribution in [2.45, 2.75) is 50.7 Å². The smallest absolute Gasteiger partial charge is 0.184 e. The Bertz CT molecular complexity index is 197. The van der Waals surface area contributed by atoms with Gasteiger partial charge in [0.2, 0.25) is 0 Å². The van der Waals surface area contributed by atoms with Crippen molar-refractivity contribution in [2.75, 3.05) is 6.61 Å². The van der Waals surface area contributed by atoms with E-state index in [1.165, 1.54) is 0 Å². The Kier molecular flexibility index (Phi) is 4.45. The maximum absolute atomic E-state index is 9.51. The van der Waals surface area contributed by atoms with Crippen molar-refractivity contribution in [3.63, 3.8) is 0 Å². The fourth-order valence-electron chi connectivity index (χ4n) is 1.36. The van der Waals surface area contributed by atoms with Crippen molar-refractivity contribution in [2.24, 2.45) is 0 Å². The van der Waals surface area contributed by atoms with E-state index in [0.717, 1.165) is 0 Å². The van der Waals surface area contributed by atoms with Crippen LogP contribution in [0.4, 0.5) is 0 Å². The minimum absolute atomic E-state index is 0.0399. The van der Waals surface area contributed by atoms with Gasteiger partial charge in [-0.3, -0.25) is 0 Å². The zero-order valence-corrected chi connectivity index (χ0v) is 8.78. The quantitative estimate of drug-likeness (QED) is 0.450. The minimum Gasteiger partial charge on any atom is -0.387 e. The van der Waals surface area contributed by atoms with Gasteiger partial charge in [0.15, 0.2) is 6.29 Å². The third-order valence-corrected chi connectivity index (χ3v) is 2.28. The maximum atomic E-state index is 9.51. The summed E-state index contributed by atoms with van der Waals surface area (Å²) in [5, 5.41) is 37.3. The van der Waals surface area contributed by atoms with Crippen LogP contribution in [0.2, 0.25) is 0 Å². The standard InChI is InChI=1S/C9H18O6/c1-4(2)14-3-5-6(10)7(11)8(12)9(13)15-5/h4-13H,3H2,1-2H3/t5-,6-,7+,8-,9?/m0/s1. The summed E-state index contributed by atoms with van der Waals surface area (Å²) in [5.41, 5.74) is 0. The number of hydrogen-bond acceptors (Lipinski definition) is 6. The first-order valence-electron chi connectivity index (χ1n) is 4.92. The topological polar surface area (TPSA) is 99.4 Å². The van der Waals surface area contributed by atoms with Crippen LogP contribution >= 0.6 is 0 Å². The van der Waals surface area contributed by atoms with Crippen LogP contribution in [0.1, 0.15) is 13.8 Å². The van der Waals surface area contributed by atoms with Crippen LogP contribution in [-0.2, 0) is 9.47 Å². The lowest BCUT2D eigenvalue weighted by Gasteiger charge is -2.38. The fraction of sp³-hybridized carbons (Fsp3) is 1.00. The molecule has 0 aromatic rings. The molecule has 1 rings (SSSR count). The van der Waals surface area contributed by atoms with E-state index >= 15 is 0 Å². The molecule has 0 spiro atoms. The number of rotatable bonds is 3. The van der Waals surface area contributed by atoms with Gasteiger partial charge in [-0.2, -0.15) is 0 Å². The van der Waals surface area contributed by atoms with Crippen molar-refractivity contribution >= 4 is 0 Å². The largest absolute Gasteiger partial charge is 0.387 e. The van der Waals surface area contributed by atoms with Gasteiger partial charge in [0.05, 0.1) is 12.7 Å². The van der Waals surface area contributed by atoms with Gasteiger partial charge < -0.3 is 29.9 Å². The van der Waals surface area contributed by atoms with E-state index in [4.69, 9.17) is 9.47 Å². The Morgan fingerprint density at radius 2 is 1.67 bits per heavy atom. The highest BCUT2D eigenvalue weighted by Crippen LogP contribution is 2.20. The minimum atomic E-state index is -1.50. The average molecular weight is 222 g/mol. The van der Waals surface area contributed by atoms with Crippen molar-refractivity contribution in [3.8, 4) is 0 Å². The molecule has 0 bridgehead atoms. The second-order valence-corrected chi connectivity index (χ2v) is 3.92. The second kappa shape index (κ2) is 5.20. The molecule has 15 heavy (non-hydrogen) atoms. The number of aliphatic hydroxyl groups is 4. The summed E-state index contributed by atoms with van der Waals surface area (Å²) in [7, 11) is 0. The van der Waals surface area contributed by atoms with Gasteiger partial charge in [-0.05, 0) is 13.8 Å². The first-order valence-corrected chi connectivity index (χ1v) is 4.92. The van der Waals surface area contributed by atoms with Crippen molar-refractivity contribution in [1.82, 2.24) is 0 Å². The zero-order chi connectivity index (χ0) is 11.6. The molecule has 0 aromatic carbocycles. The van der Waals surface area contributed by atoms with E-state index in [1.54, 1.807) is 0 Å². The first-order chi connectivity index (χ1) is 6.93. The van der Waals surface area contributed by atoms with Gasteiger partial charge >= 0.3 is 0 Å². The molecule has 0 aromatic heterocycles. The van der Waals surface area contributed by atoms with Crippen molar-refractivity contribution < 1.29 is 29.9 Å². The summed E-state index contributed by atoms with van der Waals surface area (Å²) in [6, 6.07) is 0. The van der Waals surface area contributed by atoms with Crippen LogP contribution in [0.25, 0.3) is 0 Å². The van der Waals surface area contributed by atoms with Gasteiger partial charge in [0, 0.05) is 0 Å². The van der Waals surface area contributed by atoms with Crippen LogP contribution in [0.5, 0.6) is 0 Å². The lowest BCUT2D eigenvalue weighted by molar-refractivity contribution is -0.289. The van der Waals surface area contributed by atoms with Crippen LogP contribution in [0.15, 0.2) is 0 Å². The predicted octanol–water partition coefficient (Wildman–Crippen LogP) is -1.79. The Morgan fingerprint density at radius 1 is 1.07 bits per heavy atom. The average Bonchev–Trinajstić information content (AvgIpc) is 2.18. The number of aliphatic hydroxyl groups excluding tert-OH is 4. The van der Waals surface area contributed by atoms with Crippen LogP contribution in [0.3, 0.4) is 0 Å². The molecule has 0 saturated carbocycles. The molecule has 5 atom stereocenters. The molecule has 1 fully saturated rings. The van der Waals surface area contributed by atoms with Gasteiger partial charge in [-0.1, -0.05) is 0 Å². The molecular weight excluding hydrogens is 204 g/mol. The third kappa shape index (κ3) is 3.10. The van der Waals surface area contributed by atoms with Crippen molar-refractivity contribution in [1.29, 1.82) is 0 Å². The lowest BCUT2D eigenvalue weighted by atomic mass is 9.99. The number of hydrogen-bond donors (Lipinski definition) is 4. The SMILES string of the molecule is CC(C)OC[C@@H]1OC(O)[C@@H](O)[C@H](O)[C@H]1O. The lowest BCUT2D eigenvalue weighted by Crippen LogP contribution is -2.58. The summed E-state index contributed by atoms with van der Waals surface area (Å²) in [6.07, 6.45) is -6.54. The Morgan fingerprint density at radius 3 is 2.20 bits per heavy atom. The van der Waals surface area contributed by atoms with Crippen molar-refractivity contribution in [3.05, 3.63) is 0 Å². The molecule has 1 unspecified atom stereocenters. The molecule has 0 radical (unpaired) electrons. The molecule has 1 aliphatic heterocycles. The first kappa shape index (κ1) is 12.8. The van der Waals surface area contributed by atoms with Gasteiger partial charge in [0.1, 0.15) is 24.4 Å². The van der Waals surface area contributed by atoms with Crippen LogP contribution < -0.4 is 0 Å². The normalized spacial score (nSPS) is 42.2. The van der Waals surface area contributed by atoms with Gasteiger partial charge in [-0.15, -0.1) is 0 Å². The second-order valence-electron chi connectivity index (χ2n) is 3.92. The highest BCUT2D eigenvalue weighted by atomic mass is 16.6. The molecule has 1 aliphatic rings. The molecule has 0 amide bonds. The highest BCUT2D eigenvalue weighted by Gasteiger charge is 2.42. The van der Waals surface area contributed by atoms with E-state index in [0.29, 0.717) is 0 Å². The summed E-state index contributed by atoms with van der Waals surface area (Å²) >= 11 is 0. The maximum Gasteiger partial charge on any atom is 0.184 e. The molecule has 4 N–H and O–H groups in total. The van der Waals surface area contributed by atoms with E-state index < -0.39 is 30.7 Å². The monoisotopic (exact) mass is 222 g/mol. The third-order valence-electron chi connectivity index (χ3n) is 2.28. The van der Waals surface area contributed by atoms with E-state index in [2.05, 4.69) is 0 Å². The molecule has 1 heterocycles. The predicted molar refractivity (Wildman–Crippen MR) is 50.0 cm³/mol. The van der Waals surface area contributed by atoms with E-state index in [9.17, 15) is 20.4 Å². The number of ether oxygens (including phenoxy) is 2. The van der Waals surface area contributed by atoms with Gasteiger partial charge in [-0.25, -0.2) is 0 Å². The summed E-state index contributed by atoms with van der Waals surface area (Å²) in [4.78, 5) is 0. The molecule has 1 saturated heterocycles. The van der Waals surface area contributed by atoms with Crippen LogP contribution in [0, 0.1) is 0 Å². The molecule has 6 heteroatoms. The molecule has 0 aliphatic carbocycles.